The fourth-order valence-corrected chi connectivity index (χ4v) is 2.60. The Hall–Kier alpha value is -0.870. The first-order valence-electron chi connectivity index (χ1n) is 6.38. The van der Waals surface area contributed by atoms with Gasteiger partial charge in [0.15, 0.2) is 0 Å². The molecule has 4 nitrogen and oxygen atoms in total. The van der Waals surface area contributed by atoms with Gasteiger partial charge in [-0.2, -0.15) is 0 Å². The van der Waals surface area contributed by atoms with Crippen LogP contribution in [0.4, 0.5) is 0 Å². The molecule has 0 aromatic carbocycles. The zero-order chi connectivity index (χ0) is 12.3. The van der Waals surface area contributed by atoms with Crippen molar-refractivity contribution in [1.29, 1.82) is 0 Å². The molecule has 0 aliphatic carbocycles. The first kappa shape index (κ1) is 12.6. The molecule has 1 fully saturated rings. The molecule has 2 aliphatic heterocycles. The van der Waals surface area contributed by atoms with Gasteiger partial charge >= 0.3 is 0 Å². The van der Waals surface area contributed by atoms with Gasteiger partial charge in [-0.3, -0.25) is 4.79 Å². The molecule has 1 amide bonds. The number of amides is 1. The predicted molar refractivity (Wildman–Crippen MR) is 66.7 cm³/mol. The minimum Gasteiger partial charge on any atom is -0.380 e. The zero-order valence-electron chi connectivity index (χ0n) is 10.7. The highest BCUT2D eigenvalue weighted by Crippen LogP contribution is 2.21. The van der Waals surface area contributed by atoms with Gasteiger partial charge in [0.05, 0.1) is 12.5 Å². The quantitative estimate of drug-likeness (QED) is 0.734. The van der Waals surface area contributed by atoms with Gasteiger partial charge in [0, 0.05) is 26.7 Å². The third kappa shape index (κ3) is 2.87. The van der Waals surface area contributed by atoms with Crippen LogP contribution in [-0.2, 0) is 9.53 Å². The lowest BCUT2D eigenvalue weighted by Gasteiger charge is -2.29. The maximum Gasteiger partial charge on any atom is 0.227 e. The normalized spacial score (nSPS) is 29.3. The Morgan fingerprint density at radius 3 is 2.94 bits per heavy atom. The molecular weight excluding hydrogens is 216 g/mol. The highest BCUT2D eigenvalue weighted by Gasteiger charge is 2.32. The van der Waals surface area contributed by atoms with Crippen molar-refractivity contribution in [2.45, 2.75) is 13.3 Å². The minimum absolute atomic E-state index is 0.173. The van der Waals surface area contributed by atoms with Gasteiger partial charge in [0.25, 0.3) is 0 Å². The number of nitrogens with one attached hydrogen (secondary N) is 1. The van der Waals surface area contributed by atoms with Crippen molar-refractivity contribution in [2.24, 2.45) is 11.8 Å². The van der Waals surface area contributed by atoms with Gasteiger partial charge in [-0.25, -0.2) is 0 Å². The van der Waals surface area contributed by atoms with E-state index in [9.17, 15) is 4.79 Å². The van der Waals surface area contributed by atoms with Crippen molar-refractivity contribution in [2.75, 3.05) is 39.9 Å². The maximum atomic E-state index is 12.3. The number of carbonyl (C=O) groups is 1. The van der Waals surface area contributed by atoms with E-state index in [1.165, 1.54) is 5.57 Å². The Morgan fingerprint density at radius 1 is 1.59 bits per heavy atom. The van der Waals surface area contributed by atoms with Gasteiger partial charge in [0.2, 0.25) is 5.91 Å². The van der Waals surface area contributed by atoms with E-state index in [-0.39, 0.29) is 5.92 Å². The molecule has 1 N–H and O–H groups in total. The lowest BCUT2D eigenvalue weighted by molar-refractivity contribution is -0.135. The van der Waals surface area contributed by atoms with Crippen LogP contribution in [0.5, 0.6) is 0 Å². The molecule has 0 bridgehead atoms. The van der Waals surface area contributed by atoms with E-state index in [1.807, 2.05) is 4.90 Å². The van der Waals surface area contributed by atoms with Crippen LogP contribution in [0.3, 0.4) is 0 Å². The molecule has 0 radical (unpaired) electrons. The summed E-state index contributed by atoms with van der Waals surface area (Å²) >= 11 is 0. The van der Waals surface area contributed by atoms with Crippen LogP contribution in [0.2, 0.25) is 0 Å². The molecule has 0 aromatic heterocycles. The van der Waals surface area contributed by atoms with Crippen molar-refractivity contribution < 1.29 is 9.53 Å². The molecule has 2 unspecified atom stereocenters. The van der Waals surface area contributed by atoms with Gasteiger partial charge in [0.1, 0.15) is 0 Å². The molecule has 17 heavy (non-hydrogen) atoms. The lowest BCUT2D eigenvalue weighted by atomic mass is 9.95. The van der Waals surface area contributed by atoms with E-state index in [0.29, 0.717) is 18.4 Å². The Bertz CT molecular complexity index is 315. The van der Waals surface area contributed by atoms with Gasteiger partial charge in [-0.1, -0.05) is 13.0 Å². The van der Waals surface area contributed by atoms with Crippen LogP contribution in [-0.4, -0.2) is 50.7 Å². The highest BCUT2D eigenvalue weighted by atomic mass is 16.5. The third-order valence-electron chi connectivity index (χ3n) is 3.78. The number of ether oxygens (including phenoxy) is 1. The molecule has 2 atom stereocenters. The number of hydrogen-bond acceptors (Lipinski definition) is 3. The lowest BCUT2D eigenvalue weighted by Crippen LogP contribution is -2.41. The van der Waals surface area contributed by atoms with E-state index in [1.54, 1.807) is 7.11 Å². The van der Waals surface area contributed by atoms with Crippen LogP contribution >= 0.6 is 0 Å². The second-order valence-electron chi connectivity index (χ2n) is 5.07. The Morgan fingerprint density at radius 2 is 2.41 bits per heavy atom. The minimum atomic E-state index is 0.173. The molecule has 2 aliphatic rings. The van der Waals surface area contributed by atoms with Crippen LogP contribution in [0.15, 0.2) is 11.6 Å². The summed E-state index contributed by atoms with van der Waals surface area (Å²) in [7, 11) is 1.71. The SMILES string of the molecule is COCC1=CCN(C(=O)C2CNCC2C)CC1. The van der Waals surface area contributed by atoms with E-state index in [2.05, 4.69) is 18.3 Å². The summed E-state index contributed by atoms with van der Waals surface area (Å²) in [5, 5.41) is 3.29. The summed E-state index contributed by atoms with van der Waals surface area (Å²) in [6.07, 6.45) is 3.09. The summed E-state index contributed by atoms with van der Waals surface area (Å²) in [5.74, 6) is 0.953. The molecule has 96 valence electrons. The summed E-state index contributed by atoms with van der Waals surface area (Å²) in [6, 6.07) is 0. The van der Waals surface area contributed by atoms with Gasteiger partial charge in [-0.05, 0) is 24.5 Å². The van der Waals surface area contributed by atoms with Crippen molar-refractivity contribution >= 4 is 5.91 Å². The van der Waals surface area contributed by atoms with Crippen LogP contribution in [0, 0.1) is 11.8 Å². The summed E-state index contributed by atoms with van der Waals surface area (Å²) in [4.78, 5) is 14.3. The van der Waals surface area contributed by atoms with Crippen LogP contribution in [0.25, 0.3) is 0 Å². The molecule has 0 spiro atoms. The van der Waals surface area contributed by atoms with E-state index >= 15 is 0 Å². The summed E-state index contributed by atoms with van der Waals surface area (Å²) in [5.41, 5.74) is 1.31. The van der Waals surface area contributed by atoms with Gasteiger partial charge in [-0.15, -0.1) is 0 Å². The van der Waals surface area contributed by atoms with Crippen molar-refractivity contribution in [3.63, 3.8) is 0 Å². The maximum absolute atomic E-state index is 12.3. The van der Waals surface area contributed by atoms with E-state index < -0.39 is 0 Å². The number of methoxy groups -OCH3 is 1. The molecule has 4 heteroatoms. The first-order valence-corrected chi connectivity index (χ1v) is 6.38. The molecule has 0 aromatic rings. The van der Waals surface area contributed by atoms with Crippen molar-refractivity contribution in [3.05, 3.63) is 11.6 Å². The van der Waals surface area contributed by atoms with Crippen LogP contribution in [0.1, 0.15) is 13.3 Å². The molecule has 2 rings (SSSR count). The number of rotatable bonds is 3. The number of carbonyl (C=O) groups excluding carboxylic acids is 1. The highest BCUT2D eigenvalue weighted by molar-refractivity contribution is 5.80. The van der Waals surface area contributed by atoms with E-state index in [4.69, 9.17) is 4.74 Å². The summed E-state index contributed by atoms with van der Waals surface area (Å²) in [6.45, 7) is 6.25. The first-order chi connectivity index (χ1) is 8.22. The van der Waals surface area contributed by atoms with Crippen molar-refractivity contribution in [3.8, 4) is 0 Å². The largest absolute Gasteiger partial charge is 0.380 e. The van der Waals surface area contributed by atoms with Crippen molar-refractivity contribution in [1.82, 2.24) is 10.2 Å². The number of nitrogens with zero attached hydrogens (tertiary/aromatic N) is 1. The van der Waals surface area contributed by atoms with Gasteiger partial charge < -0.3 is 15.0 Å². The summed E-state index contributed by atoms with van der Waals surface area (Å²) < 4.78 is 5.11. The zero-order valence-corrected chi connectivity index (χ0v) is 10.7. The van der Waals surface area contributed by atoms with E-state index in [0.717, 1.165) is 32.6 Å². The Kier molecular flexibility index (Phi) is 4.18. The predicted octanol–water partition coefficient (Wildman–Crippen LogP) is 0.647. The smallest absolute Gasteiger partial charge is 0.227 e. The topological polar surface area (TPSA) is 41.6 Å². The molecule has 2 heterocycles. The molecule has 1 saturated heterocycles. The standard InChI is InChI=1S/C13H22N2O2/c1-10-7-14-8-12(10)13(16)15-5-3-11(4-6-15)9-17-2/h3,10,12,14H,4-9H2,1-2H3. The second kappa shape index (κ2) is 5.65. The van der Waals surface area contributed by atoms with Crippen LogP contribution < -0.4 is 5.32 Å². The Labute approximate surface area is 103 Å². The third-order valence-corrected chi connectivity index (χ3v) is 3.78. The molecule has 0 saturated carbocycles. The second-order valence-corrected chi connectivity index (χ2v) is 5.07. The number of hydrogen-bond donors (Lipinski definition) is 1. The fourth-order valence-electron chi connectivity index (χ4n) is 2.60. The Balaban J connectivity index is 1.90. The fraction of sp³-hybridized carbons (Fsp3) is 0.769. The molecular formula is C13H22N2O2. The average molecular weight is 238 g/mol. The average Bonchev–Trinajstić information content (AvgIpc) is 2.76. The monoisotopic (exact) mass is 238 g/mol.